The topological polar surface area (TPSA) is 149 Å². The zero-order valence-corrected chi connectivity index (χ0v) is 44.3. The number of ether oxygens (including phenoxy) is 2. The molecule has 7 unspecified atom stereocenters. The average Bonchev–Trinajstić information content (AvgIpc) is 3.35. The Morgan fingerprint density at radius 3 is 1.38 bits per heavy atom. The molecule has 1 saturated heterocycles. The van der Waals surface area contributed by atoms with Crippen LogP contribution in [0, 0.1) is 0 Å². The van der Waals surface area contributed by atoms with Crippen molar-refractivity contribution in [3.8, 4) is 0 Å². The Labute approximate surface area is 423 Å². The lowest BCUT2D eigenvalue weighted by Crippen LogP contribution is -2.60. The first-order valence-electron chi connectivity index (χ1n) is 28.7. The first-order valence-corrected chi connectivity index (χ1v) is 28.7. The molecule has 9 nitrogen and oxygen atoms in total. The molecule has 0 saturated carbocycles. The second-order valence-corrected chi connectivity index (χ2v) is 19.7. The van der Waals surface area contributed by atoms with E-state index in [1.54, 1.807) is 6.08 Å². The Balaban J connectivity index is 2.18. The van der Waals surface area contributed by atoms with Gasteiger partial charge in [0, 0.05) is 6.42 Å². The third kappa shape index (κ3) is 38.9. The van der Waals surface area contributed by atoms with Gasteiger partial charge in [0.1, 0.15) is 24.4 Å². The van der Waals surface area contributed by atoms with Gasteiger partial charge in [-0.1, -0.05) is 254 Å². The number of hydrogen-bond acceptors (Lipinski definition) is 8. The van der Waals surface area contributed by atoms with Gasteiger partial charge in [-0.05, 0) is 57.8 Å². The summed E-state index contributed by atoms with van der Waals surface area (Å²) in [6.45, 7) is 3.61. The molecule has 1 rings (SSSR count). The number of rotatable bonds is 48. The molecule has 1 heterocycles. The van der Waals surface area contributed by atoms with Crippen LogP contribution >= 0.6 is 0 Å². The van der Waals surface area contributed by atoms with Crippen LogP contribution in [-0.4, -0.2) is 87.5 Å². The standard InChI is InChI=1S/C60H107NO8/c1-3-5-7-9-11-13-15-17-18-19-20-21-22-23-24-25-26-27-28-29-30-31-32-33-34-35-36-38-39-41-43-45-47-49-54(63)53(52-68-60-59(67)58(66)57(65)55(51-62)69-60)61-56(64)50-48-46-44-42-40-37-16-14-12-10-8-6-4-2/h6,8,12,14,37,39-41,44,46-47,49,53-55,57-60,62-63,65-67H,3-5,7,9-11,13,15-36,38,42-43,45,48,50-52H2,1-2H3,(H,61,64)/b8-6-,14-12-,40-37-,41-39+,46-44-,49-47+. The summed E-state index contributed by atoms with van der Waals surface area (Å²) in [6.07, 6.45) is 61.6. The number of amides is 1. The van der Waals surface area contributed by atoms with Gasteiger partial charge in [-0.3, -0.25) is 4.79 Å². The summed E-state index contributed by atoms with van der Waals surface area (Å²) in [4.78, 5) is 12.9. The SMILES string of the molecule is CC/C=C\C/C=C\C/C=C\C/C=C\CCC(=O)NC(COC1OC(CO)C(O)C(O)C1O)C(O)/C=C/CC/C=C/CCCCCCCCCCCCCCCCCCCCCCCCCCCCC. The van der Waals surface area contributed by atoms with E-state index in [-0.39, 0.29) is 18.9 Å². The maximum atomic E-state index is 12.9. The van der Waals surface area contributed by atoms with Crippen LogP contribution in [0.3, 0.4) is 0 Å². The average molecular weight is 971 g/mol. The van der Waals surface area contributed by atoms with Crippen LogP contribution in [-0.2, 0) is 14.3 Å². The van der Waals surface area contributed by atoms with Gasteiger partial charge in [-0.15, -0.1) is 0 Å². The van der Waals surface area contributed by atoms with Gasteiger partial charge in [0.05, 0.1) is 25.4 Å². The number of unbranched alkanes of at least 4 members (excludes halogenated alkanes) is 28. The third-order valence-corrected chi connectivity index (χ3v) is 13.3. The smallest absolute Gasteiger partial charge is 0.220 e. The minimum Gasteiger partial charge on any atom is -0.394 e. The fourth-order valence-electron chi connectivity index (χ4n) is 8.77. The molecule has 0 spiro atoms. The molecule has 400 valence electrons. The Bertz CT molecular complexity index is 1310. The zero-order valence-electron chi connectivity index (χ0n) is 44.3. The first kappa shape index (κ1) is 64.6. The molecule has 0 radical (unpaired) electrons. The van der Waals surface area contributed by atoms with Crippen molar-refractivity contribution >= 4 is 5.91 Å². The Morgan fingerprint density at radius 2 is 0.913 bits per heavy atom. The fraction of sp³-hybridized carbons (Fsp3) is 0.783. The molecule has 1 amide bonds. The van der Waals surface area contributed by atoms with Gasteiger partial charge in [0.15, 0.2) is 6.29 Å². The van der Waals surface area contributed by atoms with Crippen molar-refractivity contribution in [2.24, 2.45) is 0 Å². The second kappa shape index (κ2) is 49.2. The number of aliphatic hydroxyl groups excluding tert-OH is 5. The lowest BCUT2D eigenvalue weighted by atomic mass is 9.99. The summed E-state index contributed by atoms with van der Waals surface area (Å²) >= 11 is 0. The van der Waals surface area contributed by atoms with Crippen LogP contribution in [0.2, 0.25) is 0 Å². The summed E-state index contributed by atoms with van der Waals surface area (Å²) in [6, 6.07) is -0.864. The number of carbonyl (C=O) groups excluding carboxylic acids is 1. The summed E-state index contributed by atoms with van der Waals surface area (Å²) in [5.41, 5.74) is 0. The van der Waals surface area contributed by atoms with Crippen LogP contribution in [0.1, 0.15) is 245 Å². The van der Waals surface area contributed by atoms with Crippen molar-refractivity contribution in [2.75, 3.05) is 13.2 Å². The van der Waals surface area contributed by atoms with E-state index in [9.17, 15) is 30.3 Å². The quantitative estimate of drug-likeness (QED) is 0.0261. The van der Waals surface area contributed by atoms with Gasteiger partial charge in [0.25, 0.3) is 0 Å². The van der Waals surface area contributed by atoms with Crippen molar-refractivity contribution in [1.82, 2.24) is 5.32 Å². The van der Waals surface area contributed by atoms with E-state index in [4.69, 9.17) is 9.47 Å². The van der Waals surface area contributed by atoms with Gasteiger partial charge in [-0.25, -0.2) is 0 Å². The normalized spacial score (nSPS) is 20.0. The molecule has 7 atom stereocenters. The largest absolute Gasteiger partial charge is 0.394 e. The van der Waals surface area contributed by atoms with E-state index >= 15 is 0 Å². The Kier molecular flexibility index (Phi) is 46.1. The van der Waals surface area contributed by atoms with Gasteiger partial charge in [0.2, 0.25) is 5.91 Å². The van der Waals surface area contributed by atoms with Gasteiger partial charge >= 0.3 is 0 Å². The van der Waals surface area contributed by atoms with E-state index in [2.05, 4.69) is 67.8 Å². The van der Waals surface area contributed by atoms with E-state index < -0.39 is 49.5 Å². The van der Waals surface area contributed by atoms with Crippen molar-refractivity contribution in [2.45, 2.75) is 288 Å². The minimum atomic E-state index is -1.59. The number of allylic oxidation sites excluding steroid dienone is 11. The third-order valence-electron chi connectivity index (χ3n) is 13.3. The molecule has 1 aliphatic heterocycles. The summed E-state index contributed by atoms with van der Waals surface area (Å²) in [5.74, 6) is -0.267. The Hall–Kier alpha value is -2.37. The van der Waals surface area contributed by atoms with E-state index in [1.807, 2.05) is 18.2 Å². The summed E-state index contributed by atoms with van der Waals surface area (Å²) < 4.78 is 11.2. The van der Waals surface area contributed by atoms with Crippen LogP contribution in [0.15, 0.2) is 72.9 Å². The van der Waals surface area contributed by atoms with E-state index in [0.717, 1.165) is 44.9 Å². The molecule has 0 aromatic carbocycles. The Morgan fingerprint density at radius 1 is 0.507 bits per heavy atom. The van der Waals surface area contributed by atoms with Crippen LogP contribution in [0.25, 0.3) is 0 Å². The predicted octanol–water partition coefficient (Wildman–Crippen LogP) is 14.1. The maximum Gasteiger partial charge on any atom is 0.220 e. The van der Waals surface area contributed by atoms with Crippen molar-refractivity contribution in [3.05, 3.63) is 72.9 Å². The molecule has 9 heteroatoms. The molecule has 69 heavy (non-hydrogen) atoms. The highest BCUT2D eigenvalue weighted by molar-refractivity contribution is 5.76. The molecule has 1 fully saturated rings. The maximum absolute atomic E-state index is 12.9. The zero-order chi connectivity index (χ0) is 50.1. The van der Waals surface area contributed by atoms with Crippen molar-refractivity contribution in [1.29, 1.82) is 0 Å². The predicted molar refractivity (Wildman–Crippen MR) is 290 cm³/mol. The van der Waals surface area contributed by atoms with Crippen molar-refractivity contribution in [3.63, 3.8) is 0 Å². The molecule has 0 aromatic rings. The van der Waals surface area contributed by atoms with Gasteiger partial charge in [-0.2, -0.15) is 0 Å². The highest BCUT2D eigenvalue weighted by atomic mass is 16.7. The molecular weight excluding hydrogens is 863 g/mol. The lowest BCUT2D eigenvalue weighted by molar-refractivity contribution is -0.302. The molecular formula is C60H107NO8. The van der Waals surface area contributed by atoms with Crippen LogP contribution < -0.4 is 5.32 Å². The summed E-state index contributed by atoms with van der Waals surface area (Å²) in [5, 5.41) is 54.3. The molecule has 0 bridgehead atoms. The lowest BCUT2D eigenvalue weighted by Gasteiger charge is -2.40. The van der Waals surface area contributed by atoms with Crippen LogP contribution in [0.5, 0.6) is 0 Å². The van der Waals surface area contributed by atoms with Gasteiger partial charge < -0.3 is 40.3 Å². The molecule has 1 aliphatic rings. The van der Waals surface area contributed by atoms with E-state index in [0.29, 0.717) is 6.42 Å². The second-order valence-electron chi connectivity index (χ2n) is 19.7. The number of carbonyl (C=O) groups is 1. The fourth-order valence-corrected chi connectivity index (χ4v) is 8.77. The van der Waals surface area contributed by atoms with Crippen LogP contribution in [0.4, 0.5) is 0 Å². The molecule has 6 N–H and O–H groups in total. The first-order chi connectivity index (χ1) is 33.8. The van der Waals surface area contributed by atoms with Crippen molar-refractivity contribution < 1.29 is 39.8 Å². The highest BCUT2D eigenvalue weighted by Crippen LogP contribution is 2.23. The molecule has 0 aromatic heterocycles. The summed E-state index contributed by atoms with van der Waals surface area (Å²) in [7, 11) is 0. The number of hydrogen-bond donors (Lipinski definition) is 6. The van der Waals surface area contributed by atoms with E-state index in [1.165, 1.54) is 173 Å². The minimum absolute atomic E-state index is 0.214. The monoisotopic (exact) mass is 970 g/mol. The number of aliphatic hydroxyl groups is 5. The number of nitrogens with one attached hydrogen (secondary N) is 1. The highest BCUT2D eigenvalue weighted by Gasteiger charge is 2.44. The molecule has 0 aliphatic carbocycles.